The average molecular weight is 403 g/mol. The number of rotatable bonds is 2. The van der Waals surface area contributed by atoms with E-state index in [1.807, 2.05) is 47.4 Å². The van der Waals surface area contributed by atoms with Gasteiger partial charge < -0.3 is 9.80 Å². The van der Waals surface area contributed by atoms with E-state index in [1.54, 1.807) is 0 Å². The molecule has 0 bridgehead atoms. The Kier molecular flexibility index (Phi) is 5.10. The highest BCUT2D eigenvalue weighted by Crippen LogP contribution is 2.43. The van der Waals surface area contributed by atoms with Gasteiger partial charge in [0, 0.05) is 35.8 Å². The predicted octanol–water partition coefficient (Wildman–Crippen LogP) is 4.69. The van der Waals surface area contributed by atoms with Gasteiger partial charge in [0.1, 0.15) is 0 Å². The molecule has 2 aliphatic heterocycles. The van der Waals surface area contributed by atoms with E-state index in [1.165, 1.54) is 24.8 Å². The molecule has 2 heterocycles. The highest BCUT2D eigenvalue weighted by atomic mass is 16.2. The summed E-state index contributed by atoms with van der Waals surface area (Å²) in [7, 11) is 0. The minimum atomic E-state index is -0.0278. The molecule has 5 rings (SSSR count). The van der Waals surface area contributed by atoms with Crippen molar-refractivity contribution >= 4 is 11.8 Å². The zero-order valence-corrected chi connectivity index (χ0v) is 17.6. The molecule has 0 radical (unpaired) electrons. The molecule has 0 aromatic heterocycles. The Hall–Kier alpha value is -2.62. The van der Waals surface area contributed by atoms with Gasteiger partial charge in [0.25, 0.3) is 11.8 Å². The van der Waals surface area contributed by atoms with Crippen LogP contribution in [0, 0.1) is 0 Å². The minimum Gasteiger partial charge on any atom is -0.338 e. The molecule has 156 valence electrons. The number of hydrogen-bond acceptors (Lipinski definition) is 2. The Morgan fingerprint density at radius 2 is 1.53 bits per heavy atom. The molecule has 30 heavy (non-hydrogen) atoms. The predicted molar refractivity (Wildman–Crippen MR) is 117 cm³/mol. The smallest absolute Gasteiger partial charge is 0.254 e. The van der Waals surface area contributed by atoms with Gasteiger partial charge in [-0.2, -0.15) is 0 Å². The van der Waals surface area contributed by atoms with Crippen LogP contribution in [0.3, 0.4) is 0 Å². The van der Waals surface area contributed by atoms with Crippen LogP contribution in [0.1, 0.15) is 71.2 Å². The van der Waals surface area contributed by atoms with Crippen LogP contribution in [-0.4, -0.2) is 46.3 Å². The Labute approximate surface area is 178 Å². The van der Waals surface area contributed by atoms with E-state index in [2.05, 4.69) is 17.0 Å². The maximum Gasteiger partial charge on any atom is 0.254 e. The lowest BCUT2D eigenvalue weighted by molar-refractivity contribution is -0.00594. The van der Waals surface area contributed by atoms with Crippen molar-refractivity contribution in [3.63, 3.8) is 0 Å². The van der Waals surface area contributed by atoms with Crippen molar-refractivity contribution in [2.24, 2.45) is 0 Å². The van der Waals surface area contributed by atoms with Crippen molar-refractivity contribution in [3.05, 3.63) is 71.3 Å². The Morgan fingerprint density at radius 1 is 0.867 bits per heavy atom. The number of fused-ring (bicyclic) bond motifs is 1. The SMILES string of the molecule is O=C(c1ccccc1)N1CCC(N2C(=O)c3ccccc3CC23CCCCC3)CC1. The fourth-order valence-electron chi connectivity index (χ4n) is 5.94. The van der Waals surface area contributed by atoms with E-state index < -0.39 is 0 Å². The first kappa shape index (κ1) is 19.3. The third kappa shape index (κ3) is 3.32. The second-order valence-corrected chi connectivity index (χ2v) is 9.18. The molecule has 4 heteroatoms. The van der Waals surface area contributed by atoms with Crippen molar-refractivity contribution in [2.45, 2.75) is 62.9 Å². The maximum absolute atomic E-state index is 13.7. The topological polar surface area (TPSA) is 40.6 Å². The van der Waals surface area contributed by atoms with E-state index >= 15 is 0 Å². The highest BCUT2D eigenvalue weighted by molar-refractivity contribution is 5.98. The molecule has 4 nitrogen and oxygen atoms in total. The molecule has 1 spiro atoms. The number of nitrogens with zero attached hydrogens (tertiary/aromatic N) is 2. The monoisotopic (exact) mass is 402 g/mol. The summed E-state index contributed by atoms with van der Waals surface area (Å²) in [6, 6.07) is 17.9. The Balaban J connectivity index is 1.37. The number of piperidine rings is 1. The van der Waals surface area contributed by atoms with Gasteiger partial charge in [-0.3, -0.25) is 9.59 Å². The second kappa shape index (κ2) is 7.90. The number of amides is 2. The summed E-state index contributed by atoms with van der Waals surface area (Å²) in [6.45, 7) is 1.44. The first-order valence-corrected chi connectivity index (χ1v) is 11.4. The molecule has 0 atom stereocenters. The Bertz CT molecular complexity index is 925. The first-order chi connectivity index (χ1) is 14.7. The number of benzene rings is 2. The van der Waals surface area contributed by atoms with Crippen molar-refractivity contribution in [3.8, 4) is 0 Å². The Morgan fingerprint density at radius 3 is 2.27 bits per heavy atom. The van der Waals surface area contributed by atoms with Gasteiger partial charge in [0.05, 0.1) is 0 Å². The highest BCUT2D eigenvalue weighted by Gasteiger charge is 2.48. The third-order valence-electron chi connectivity index (χ3n) is 7.42. The van der Waals surface area contributed by atoms with Crippen LogP contribution >= 0.6 is 0 Å². The van der Waals surface area contributed by atoms with Gasteiger partial charge in [-0.1, -0.05) is 55.7 Å². The summed E-state index contributed by atoms with van der Waals surface area (Å²) in [5.41, 5.74) is 2.83. The lowest BCUT2D eigenvalue weighted by Gasteiger charge is -2.54. The molecule has 1 saturated carbocycles. The van der Waals surface area contributed by atoms with Crippen LogP contribution < -0.4 is 0 Å². The number of carbonyl (C=O) groups excluding carboxylic acids is 2. The number of carbonyl (C=O) groups is 2. The summed E-state index contributed by atoms with van der Waals surface area (Å²) < 4.78 is 0. The number of likely N-dealkylation sites (tertiary alicyclic amines) is 1. The summed E-state index contributed by atoms with van der Waals surface area (Å²) in [6.07, 6.45) is 8.62. The molecule has 2 aromatic rings. The van der Waals surface area contributed by atoms with E-state index in [9.17, 15) is 9.59 Å². The standard InChI is InChI=1S/C26H30N2O2/c29-24(20-9-3-1-4-10-20)27-17-13-22(14-18-27)28-25(30)23-12-6-5-11-21(23)19-26(28)15-7-2-8-16-26/h1,3-6,9-12,22H,2,7-8,13-19H2. The molecule has 2 amide bonds. The molecule has 1 saturated heterocycles. The number of hydrogen-bond donors (Lipinski definition) is 0. The molecule has 0 unspecified atom stereocenters. The van der Waals surface area contributed by atoms with Gasteiger partial charge in [-0.15, -0.1) is 0 Å². The largest absolute Gasteiger partial charge is 0.338 e. The van der Waals surface area contributed by atoms with Crippen molar-refractivity contribution in [2.75, 3.05) is 13.1 Å². The van der Waals surface area contributed by atoms with E-state index in [-0.39, 0.29) is 23.4 Å². The fraction of sp³-hybridized carbons (Fsp3) is 0.462. The molecule has 3 aliphatic rings. The second-order valence-electron chi connectivity index (χ2n) is 9.18. The molecule has 2 aromatic carbocycles. The summed E-state index contributed by atoms with van der Waals surface area (Å²) in [5, 5.41) is 0. The quantitative estimate of drug-likeness (QED) is 0.731. The van der Waals surface area contributed by atoms with Crippen LogP contribution in [0.5, 0.6) is 0 Å². The van der Waals surface area contributed by atoms with E-state index in [0.717, 1.165) is 56.3 Å². The summed E-state index contributed by atoms with van der Waals surface area (Å²) in [4.78, 5) is 30.8. The first-order valence-electron chi connectivity index (χ1n) is 11.4. The lowest BCUT2D eigenvalue weighted by Crippen LogP contribution is -2.62. The molecule has 2 fully saturated rings. The van der Waals surface area contributed by atoms with Gasteiger partial charge >= 0.3 is 0 Å². The zero-order chi connectivity index (χ0) is 20.6. The van der Waals surface area contributed by atoms with Gasteiger partial charge in [-0.05, 0) is 55.9 Å². The average Bonchev–Trinajstić information content (AvgIpc) is 2.80. The van der Waals surface area contributed by atoms with Crippen molar-refractivity contribution in [1.82, 2.24) is 9.80 Å². The van der Waals surface area contributed by atoms with Gasteiger partial charge in [-0.25, -0.2) is 0 Å². The lowest BCUT2D eigenvalue weighted by atomic mass is 9.71. The van der Waals surface area contributed by atoms with Crippen LogP contribution in [0.2, 0.25) is 0 Å². The van der Waals surface area contributed by atoms with Gasteiger partial charge in [0.2, 0.25) is 0 Å². The van der Waals surface area contributed by atoms with Crippen LogP contribution in [0.25, 0.3) is 0 Å². The minimum absolute atomic E-state index is 0.0278. The summed E-state index contributed by atoms with van der Waals surface area (Å²) >= 11 is 0. The van der Waals surface area contributed by atoms with Crippen LogP contribution in [-0.2, 0) is 6.42 Å². The van der Waals surface area contributed by atoms with Crippen LogP contribution in [0.15, 0.2) is 54.6 Å². The molecular weight excluding hydrogens is 372 g/mol. The van der Waals surface area contributed by atoms with Crippen molar-refractivity contribution in [1.29, 1.82) is 0 Å². The normalized spacial score (nSPS) is 21.5. The molecule has 1 aliphatic carbocycles. The van der Waals surface area contributed by atoms with E-state index in [4.69, 9.17) is 0 Å². The fourth-order valence-corrected chi connectivity index (χ4v) is 5.94. The zero-order valence-electron chi connectivity index (χ0n) is 17.6. The van der Waals surface area contributed by atoms with Gasteiger partial charge in [0.15, 0.2) is 0 Å². The van der Waals surface area contributed by atoms with Crippen molar-refractivity contribution < 1.29 is 9.59 Å². The molecule has 0 N–H and O–H groups in total. The van der Waals surface area contributed by atoms with Crippen LogP contribution in [0.4, 0.5) is 0 Å². The maximum atomic E-state index is 13.7. The molecular formula is C26H30N2O2. The van der Waals surface area contributed by atoms with E-state index in [0.29, 0.717) is 0 Å². The summed E-state index contributed by atoms with van der Waals surface area (Å²) in [5.74, 6) is 0.323. The third-order valence-corrected chi connectivity index (χ3v) is 7.42.